The Morgan fingerprint density at radius 1 is 1.10 bits per heavy atom. The van der Waals surface area contributed by atoms with Gasteiger partial charge in [0.15, 0.2) is 0 Å². The molecule has 4 rings (SSSR count). The van der Waals surface area contributed by atoms with E-state index >= 15 is 0 Å². The topological polar surface area (TPSA) is 49.3 Å². The molecule has 2 N–H and O–H groups in total. The molecule has 3 nitrogen and oxygen atoms in total. The summed E-state index contributed by atoms with van der Waals surface area (Å²) in [6.45, 7) is 1.98. The van der Waals surface area contributed by atoms with Gasteiger partial charge in [-0.25, -0.2) is 4.79 Å². The summed E-state index contributed by atoms with van der Waals surface area (Å²) < 4.78 is 40.2. The van der Waals surface area contributed by atoms with Crippen LogP contribution in [0.2, 0.25) is 0 Å². The molecule has 0 amide bonds. The molecule has 2 aromatic carbocycles. The maximum Gasteiger partial charge on any atom is 0.416 e. The number of rotatable bonds is 5. The van der Waals surface area contributed by atoms with Crippen LogP contribution in [0.25, 0.3) is 10.1 Å². The molecule has 0 bridgehead atoms. The third kappa shape index (κ3) is 4.56. The van der Waals surface area contributed by atoms with Gasteiger partial charge in [0.1, 0.15) is 0 Å². The number of aryl methyl sites for hydroxylation is 1. The number of alkyl halides is 3. The highest BCUT2D eigenvalue weighted by Gasteiger charge is 2.32. The number of carbonyl (C=O) groups is 1. The number of anilines is 1. The number of halogens is 3. The number of carboxylic acid groups (broad SMARTS) is 1. The van der Waals surface area contributed by atoms with Crippen LogP contribution >= 0.6 is 11.3 Å². The number of fused-ring (bicyclic) bond motifs is 1. The number of hydrogen-bond acceptors (Lipinski definition) is 3. The Bertz CT molecular complexity index is 1080. The van der Waals surface area contributed by atoms with Crippen LogP contribution in [0.3, 0.4) is 0 Å². The molecule has 0 spiro atoms. The first-order valence-electron chi connectivity index (χ1n) is 10.4. The molecule has 3 aromatic rings. The van der Waals surface area contributed by atoms with Crippen molar-refractivity contribution in [2.24, 2.45) is 5.92 Å². The van der Waals surface area contributed by atoms with E-state index in [9.17, 15) is 18.0 Å². The van der Waals surface area contributed by atoms with Crippen molar-refractivity contribution in [2.45, 2.75) is 51.2 Å². The van der Waals surface area contributed by atoms with Crippen molar-refractivity contribution in [3.05, 3.63) is 64.0 Å². The zero-order valence-corrected chi connectivity index (χ0v) is 17.9. The van der Waals surface area contributed by atoms with Gasteiger partial charge in [0, 0.05) is 15.3 Å². The fourth-order valence-corrected chi connectivity index (χ4v) is 5.87. The van der Waals surface area contributed by atoms with Crippen molar-refractivity contribution >= 4 is 33.1 Å². The lowest BCUT2D eigenvalue weighted by Crippen LogP contribution is -2.23. The SMILES string of the molecule is Cc1c(C(Nc2ccc(C(=O)O)cc2)C2CCCCC2)sc2cc(C(F)(F)F)ccc12. The van der Waals surface area contributed by atoms with E-state index in [1.807, 2.05) is 6.92 Å². The lowest BCUT2D eigenvalue weighted by atomic mass is 9.82. The second kappa shape index (κ2) is 8.54. The molecule has 31 heavy (non-hydrogen) atoms. The highest BCUT2D eigenvalue weighted by atomic mass is 32.1. The average molecular weight is 448 g/mol. The van der Waals surface area contributed by atoms with E-state index < -0.39 is 17.7 Å². The van der Waals surface area contributed by atoms with Gasteiger partial charge in [-0.3, -0.25) is 0 Å². The van der Waals surface area contributed by atoms with Gasteiger partial charge in [-0.15, -0.1) is 11.3 Å². The van der Waals surface area contributed by atoms with Crippen LogP contribution in [0.15, 0.2) is 42.5 Å². The number of thiophene rings is 1. The Balaban J connectivity index is 1.73. The van der Waals surface area contributed by atoms with Gasteiger partial charge in [-0.05, 0) is 73.0 Å². The molecule has 1 heterocycles. The normalized spacial score (nSPS) is 16.4. The third-order valence-corrected chi connectivity index (χ3v) is 7.50. The summed E-state index contributed by atoms with van der Waals surface area (Å²) in [6.07, 6.45) is 1.25. The Hall–Kier alpha value is -2.54. The summed E-state index contributed by atoms with van der Waals surface area (Å²) in [5.41, 5.74) is 1.42. The average Bonchev–Trinajstić information content (AvgIpc) is 3.08. The molecule has 0 aliphatic heterocycles. The van der Waals surface area contributed by atoms with Crippen molar-refractivity contribution in [3.8, 4) is 0 Å². The maximum atomic E-state index is 13.2. The fraction of sp³-hybridized carbons (Fsp3) is 0.375. The molecule has 1 unspecified atom stereocenters. The number of aromatic carboxylic acids is 1. The Morgan fingerprint density at radius 3 is 2.39 bits per heavy atom. The molecule has 1 aromatic heterocycles. The molecule has 1 fully saturated rings. The molecule has 1 aliphatic carbocycles. The fourth-order valence-electron chi connectivity index (χ4n) is 4.47. The van der Waals surface area contributed by atoms with Crippen LogP contribution in [-0.2, 0) is 6.18 Å². The minimum Gasteiger partial charge on any atom is -0.478 e. The predicted molar refractivity (Wildman–Crippen MR) is 118 cm³/mol. The lowest BCUT2D eigenvalue weighted by Gasteiger charge is -2.31. The zero-order chi connectivity index (χ0) is 22.2. The van der Waals surface area contributed by atoms with E-state index in [1.54, 1.807) is 30.3 Å². The smallest absolute Gasteiger partial charge is 0.416 e. The summed E-state index contributed by atoms with van der Waals surface area (Å²) in [4.78, 5) is 12.2. The van der Waals surface area contributed by atoms with Crippen LogP contribution in [0.1, 0.15) is 64.5 Å². The maximum absolute atomic E-state index is 13.2. The van der Waals surface area contributed by atoms with Gasteiger partial charge in [0.2, 0.25) is 0 Å². The van der Waals surface area contributed by atoms with Gasteiger partial charge in [0.05, 0.1) is 17.2 Å². The van der Waals surface area contributed by atoms with E-state index in [4.69, 9.17) is 5.11 Å². The van der Waals surface area contributed by atoms with E-state index in [2.05, 4.69) is 5.32 Å². The minimum absolute atomic E-state index is 0.0253. The summed E-state index contributed by atoms with van der Waals surface area (Å²) >= 11 is 1.43. The quantitative estimate of drug-likeness (QED) is 0.422. The van der Waals surface area contributed by atoms with Crippen LogP contribution in [0, 0.1) is 12.8 Å². The standard InChI is InChI=1S/C24H24F3NO2S/c1-14-19-12-9-17(24(25,26)27)13-20(19)31-22(14)21(15-5-3-2-4-6-15)28-18-10-7-16(8-11-18)23(29)30/h7-13,15,21,28H,2-6H2,1H3,(H,29,30). The molecule has 164 valence electrons. The van der Waals surface area contributed by atoms with Crippen LogP contribution < -0.4 is 5.32 Å². The van der Waals surface area contributed by atoms with Crippen LogP contribution in [0.4, 0.5) is 18.9 Å². The first-order valence-corrected chi connectivity index (χ1v) is 11.3. The molecular formula is C24H24F3NO2S. The number of carboxylic acids is 1. The minimum atomic E-state index is -4.36. The monoisotopic (exact) mass is 447 g/mol. The largest absolute Gasteiger partial charge is 0.478 e. The summed E-state index contributed by atoms with van der Waals surface area (Å²) in [5.74, 6) is -0.599. The number of nitrogens with one attached hydrogen (secondary N) is 1. The van der Waals surface area contributed by atoms with Gasteiger partial charge >= 0.3 is 12.1 Å². The molecule has 1 aliphatic rings. The highest BCUT2D eigenvalue weighted by Crippen LogP contribution is 2.44. The van der Waals surface area contributed by atoms with Crippen molar-refractivity contribution in [3.63, 3.8) is 0 Å². The van der Waals surface area contributed by atoms with Crippen molar-refractivity contribution in [1.29, 1.82) is 0 Å². The van der Waals surface area contributed by atoms with Crippen LogP contribution in [-0.4, -0.2) is 11.1 Å². The van der Waals surface area contributed by atoms with Crippen molar-refractivity contribution in [2.75, 3.05) is 5.32 Å². The molecule has 1 saturated carbocycles. The molecule has 0 saturated heterocycles. The van der Waals surface area contributed by atoms with Gasteiger partial charge < -0.3 is 10.4 Å². The second-order valence-electron chi connectivity index (χ2n) is 8.20. The van der Waals surface area contributed by atoms with E-state index in [-0.39, 0.29) is 11.6 Å². The van der Waals surface area contributed by atoms with E-state index in [1.165, 1.54) is 23.8 Å². The van der Waals surface area contributed by atoms with Crippen LogP contribution in [0.5, 0.6) is 0 Å². The predicted octanol–water partition coefficient (Wildman–Crippen LogP) is 7.66. The Labute approximate surface area is 182 Å². The Kier molecular flexibility index (Phi) is 5.97. The Morgan fingerprint density at radius 2 is 1.77 bits per heavy atom. The van der Waals surface area contributed by atoms with E-state index in [0.717, 1.165) is 53.3 Å². The van der Waals surface area contributed by atoms with Gasteiger partial charge in [-0.1, -0.05) is 25.3 Å². The second-order valence-corrected chi connectivity index (χ2v) is 9.29. The molecular weight excluding hydrogens is 423 g/mol. The van der Waals surface area contributed by atoms with Gasteiger partial charge in [-0.2, -0.15) is 13.2 Å². The molecule has 1 atom stereocenters. The van der Waals surface area contributed by atoms with Crippen molar-refractivity contribution in [1.82, 2.24) is 0 Å². The summed E-state index contributed by atoms with van der Waals surface area (Å²) in [6, 6.07) is 10.6. The third-order valence-electron chi connectivity index (χ3n) is 6.16. The molecule has 7 heteroatoms. The zero-order valence-electron chi connectivity index (χ0n) is 17.1. The molecule has 0 radical (unpaired) electrons. The summed E-state index contributed by atoms with van der Waals surface area (Å²) in [7, 11) is 0. The van der Waals surface area contributed by atoms with Crippen molar-refractivity contribution < 1.29 is 23.1 Å². The highest BCUT2D eigenvalue weighted by molar-refractivity contribution is 7.19. The lowest BCUT2D eigenvalue weighted by molar-refractivity contribution is -0.137. The first kappa shape index (κ1) is 21.7. The first-order chi connectivity index (χ1) is 14.7. The van der Waals surface area contributed by atoms with E-state index in [0.29, 0.717) is 10.6 Å². The number of hydrogen-bond donors (Lipinski definition) is 2. The summed E-state index contributed by atoms with van der Waals surface area (Å²) in [5, 5.41) is 13.6. The van der Waals surface area contributed by atoms with Gasteiger partial charge in [0.25, 0.3) is 0 Å². The number of benzene rings is 2.